The molecule has 3 heterocycles. The first-order valence-corrected chi connectivity index (χ1v) is 22.6. The first kappa shape index (κ1) is 51.0. The number of benzene rings is 3. The molecule has 3 aromatic rings. The van der Waals surface area contributed by atoms with Crippen LogP contribution in [0.15, 0.2) is 72.8 Å². The summed E-state index contributed by atoms with van der Waals surface area (Å²) in [5, 5.41) is 0. The molecule has 0 bridgehead atoms. The number of epoxide rings is 3. The molecule has 3 unspecified atom stereocenters. The number of rotatable bonds is 18. The van der Waals surface area contributed by atoms with Crippen molar-refractivity contribution >= 4 is 8.80 Å². The lowest BCUT2D eigenvalue weighted by Gasteiger charge is -2.28. The third-order valence-corrected chi connectivity index (χ3v) is 10.7. The van der Waals surface area contributed by atoms with Crippen LogP contribution in [-0.2, 0) is 27.5 Å². The Hall–Kier alpha value is -3.00. The summed E-state index contributed by atoms with van der Waals surface area (Å²) in [5.74, 6) is 2.90. The van der Waals surface area contributed by atoms with E-state index in [0.717, 1.165) is 49.5 Å². The van der Waals surface area contributed by atoms with Crippen molar-refractivity contribution in [1.29, 1.82) is 0 Å². The van der Waals surface area contributed by atoms with Gasteiger partial charge in [0.2, 0.25) is 0 Å². The van der Waals surface area contributed by atoms with Gasteiger partial charge in [0.05, 0.1) is 19.8 Å². The first-order valence-electron chi connectivity index (χ1n) is 20.7. The van der Waals surface area contributed by atoms with Crippen molar-refractivity contribution in [2.45, 2.75) is 113 Å². The van der Waals surface area contributed by atoms with Crippen molar-refractivity contribution in [3.05, 3.63) is 89.5 Å². The Morgan fingerprint density at radius 1 is 0.518 bits per heavy atom. The van der Waals surface area contributed by atoms with Gasteiger partial charge in [-0.2, -0.15) is 0 Å². The van der Waals surface area contributed by atoms with Gasteiger partial charge in [-0.05, 0) is 89.4 Å². The zero-order valence-corrected chi connectivity index (χ0v) is 37.3. The Morgan fingerprint density at radius 2 is 0.786 bits per heavy atom. The summed E-state index contributed by atoms with van der Waals surface area (Å²) >= 11 is 0. The van der Waals surface area contributed by atoms with E-state index in [9.17, 15) is 0 Å². The van der Waals surface area contributed by atoms with Gasteiger partial charge in [0.25, 0.3) is 0 Å². The lowest BCUT2D eigenvalue weighted by atomic mass is 10.2. The lowest BCUT2D eigenvalue weighted by molar-refractivity contribution is 0.0710. The van der Waals surface area contributed by atoms with E-state index < -0.39 is 8.80 Å². The molecule has 3 aliphatic heterocycles. The number of hydrogen-bond donors (Lipinski definition) is 1. The molecule has 318 valence electrons. The minimum atomic E-state index is -2.40. The van der Waals surface area contributed by atoms with Crippen LogP contribution in [-0.4, -0.2) is 93.1 Å². The number of ether oxygens (including phenoxy) is 6. The summed E-state index contributed by atoms with van der Waals surface area (Å²) in [6, 6.07) is 24.9. The second-order valence-corrected chi connectivity index (χ2v) is 16.1. The molecular weight excluding hydrogens is 727 g/mol. The molecule has 11 heteroatoms. The Bertz CT molecular complexity index is 1210. The first-order chi connectivity index (χ1) is 27.2. The van der Waals surface area contributed by atoms with Crippen LogP contribution in [0.1, 0.15) is 84.4 Å². The Morgan fingerprint density at radius 3 is 1.00 bits per heavy atom. The highest BCUT2D eigenvalue weighted by atomic mass is 28.4. The van der Waals surface area contributed by atoms with Crippen molar-refractivity contribution in [3.8, 4) is 17.2 Å². The highest BCUT2D eigenvalue weighted by molar-refractivity contribution is 6.60. The monoisotopic (exact) mass is 802 g/mol. The van der Waals surface area contributed by atoms with Crippen LogP contribution in [0.5, 0.6) is 17.2 Å². The molecule has 3 aliphatic rings. The van der Waals surface area contributed by atoms with Crippen LogP contribution in [0.2, 0.25) is 6.04 Å². The smallest absolute Gasteiger partial charge is 0.491 e. The van der Waals surface area contributed by atoms with Crippen molar-refractivity contribution in [2.24, 2.45) is 5.73 Å². The summed E-state index contributed by atoms with van der Waals surface area (Å²) in [7, 11) is -2.40. The molecule has 2 N–H and O–H groups in total. The van der Waals surface area contributed by atoms with Gasteiger partial charge in [0, 0.05) is 25.9 Å². The molecule has 0 saturated carbocycles. The number of aryl methyl sites for hydroxylation is 3. The molecule has 3 saturated heterocycles. The molecular formula is C45H75NO9Si. The maximum absolute atomic E-state index is 5.65. The van der Waals surface area contributed by atoms with Crippen LogP contribution in [0, 0.1) is 20.8 Å². The molecule has 3 atom stereocenters. The molecule has 3 aromatic carbocycles. The molecule has 10 nitrogen and oxygen atoms in total. The van der Waals surface area contributed by atoms with Gasteiger partial charge in [0.1, 0.15) is 55.4 Å². The third kappa shape index (κ3) is 25.3. The fourth-order valence-electron chi connectivity index (χ4n) is 4.52. The van der Waals surface area contributed by atoms with Gasteiger partial charge in [-0.15, -0.1) is 0 Å². The molecule has 3 fully saturated rings. The normalized spacial score (nSPS) is 16.9. The number of hydrogen-bond acceptors (Lipinski definition) is 10. The zero-order chi connectivity index (χ0) is 41.4. The summed E-state index contributed by atoms with van der Waals surface area (Å²) in [5.41, 5.74) is 9.02. The predicted molar refractivity (Wildman–Crippen MR) is 230 cm³/mol. The van der Waals surface area contributed by atoms with E-state index in [2.05, 4.69) is 27.7 Å². The average Bonchev–Trinajstić information content (AvgIpc) is 4.03. The summed E-state index contributed by atoms with van der Waals surface area (Å²) in [6.07, 6.45) is 4.41. The highest BCUT2D eigenvalue weighted by Gasteiger charge is 2.39. The minimum absolute atomic E-state index is 0.338. The Balaban J connectivity index is 0.000000356. The van der Waals surface area contributed by atoms with E-state index in [4.69, 9.17) is 47.4 Å². The van der Waals surface area contributed by atoms with Crippen molar-refractivity contribution in [1.82, 2.24) is 0 Å². The van der Waals surface area contributed by atoms with Gasteiger partial charge in [-0.25, -0.2) is 0 Å². The molecule has 0 amide bonds. The molecule has 0 radical (unpaired) electrons. The van der Waals surface area contributed by atoms with Gasteiger partial charge < -0.3 is 47.4 Å². The van der Waals surface area contributed by atoms with E-state index in [1.54, 1.807) is 0 Å². The molecule has 0 aromatic heterocycles. The van der Waals surface area contributed by atoms with E-state index in [0.29, 0.717) is 64.5 Å². The van der Waals surface area contributed by atoms with Gasteiger partial charge in [-0.1, -0.05) is 95.1 Å². The van der Waals surface area contributed by atoms with Crippen molar-refractivity contribution in [2.75, 3.05) is 66.0 Å². The average molecular weight is 802 g/mol. The van der Waals surface area contributed by atoms with Crippen molar-refractivity contribution in [3.63, 3.8) is 0 Å². The van der Waals surface area contributed by atoms with Gasteiger partial charge in [0.15, 0.2) is 0 Å². The molecule has 6 rings (SSSR count). The van der Waals surface area contributed by atoms with E-state index in [1.165, 1.54) is 29.5 Å². The molecule has 56 heavy (non-hydrogen) atoms. The summed E-state index contributed by atoms with van der Waals surface area (Å²) < 4.78 is 48.7. The van der Waals surface area contributed by atoms with E-state index in [1.807, 2.05) is 114 Å². The fourth-order valence-corrected chi connectivity index (χ4v) is 7.16. The zero-order valence-electron chi connectivity index (χ0n) is 36.3. The van der Waals surface area contributed by atoms with Crippen molar-refractivity contribution < 1.29 is 41.7 Å². The number of para-hydroxylation sites is 3. The van der Waals surface area contributed by atoms with Gasteiger partial charge >= 0.3 is 8.80 Å². The standard InChI is InChI=1S/3C10H12O2.C9H23NO3Si.2C3H8/c3*1-8-4-2-3-5-10(8)12-7-9-6-11-9;1-4-11-14(12-5-2,13-6-3)9-7-8-10;2*1-3-2/h3*2-5,9H,6-7H2,1H3;4-10H2,1-3H3;2*3H2,1-2H3. The Labute approximate surface area is 341 Å². The van der Waals surface area contributed by atoms with E-state index >= 15 is 0 Å². The second-order valence-electron chi connectivity index (χ2n) is 13.4. The highest BCUT2D eigenvalue weighted by Crippen LogP contribution is 2.21. The second kappa shape index (κ2) is 32.0. The van der Waals surface area contributed by atoms with Crippen LogP contribution in [0.25, 0.3) is 0 Å². The van der Waals surface area contributed by atoms with E-state index in [-0.39, 0.29) is 0 Å². The predicted octanol–water partition coefficient (Wildman–Crippen LogP) is 9.53. The SMILES string of the molecule is CCC.CCC.CCO[Si](CCCN)(OCC)OCC.Cc1ccccc1OCC1CO1.Cc1ccccc1OCC1CO1.Cc1ccccc1OCC1CO1. The molecule has 0 aliphatic carbocycles. The Kier molecular flexibility index (Phi) is 29.2. The third-order valence-electron chi connectivity index (χ3n) is 7.54. The topological polar surface area (TPSA) is 119 Å². The number of nitrogens with two attached hydrogens (primary N) is 1. The summed E-state index contributed by atoms with van der Waals surface area (Å²) in [6.45, 7) is 27.7. The quantitative estimate of drug-likeness (QED) is 0.0984. The summed E-state index contributed by atoms with van der Waals surface area (Å²) in [4.78, 5) is 0. The lowest BCUT2D eigenvalue weighted by Crippen LogP contribution is -2.46. The van der Waals surface area contributed by atoms with Crippen LogP contribution < -0.4 is 19.9 Å². The maximum atomic E-state index is 5.65. The minimum Gasteiger partial charge on any atom is -0.491 e. The maximum Gasteiger partial charge on any atom is 0.500 e. The molecule has 0 spiro atoms. The van der Waals surface area contributed by atoms with Gasteiger partial charge in [-0.3, -0.25) is 0 Å². The largest absolute Gasteiger partial charge is 0.500 e. The van der Waals surface area contributed by atoms with Crippen LogP contribution in [0.3, 0.4) is 0 Å². The fraction of sp³-hybridized carbons (Fsp3) is 0.600. The van der Waals surface area contributed by atoms with Crippen LogP contribution in [0.4, 0.5) is 0 Å². The van der Waals surface area contributed by atoms with Crippen LogP contribution >= 0.6 is 0 Å².